The van der Waals surface area contributed by atoms with Crippen molar-refractivity contribution in [3.63, 3.8) is 0 Å². The van der Waals surface area contributed by atoms with E-state index in [0.717, 1.165) is 12.3 Å². The summed E-state index contributed by atoms with van der Waals surface area (Å²) in [6.07, 6.45) is -0.962. The molecule has 9 heteroatoms. The molecule has 1 aliphatic heterocycles. The van der Waals surface area contributed by atoms with Gasteiger partial charge in [0.25, 0.3) is 0 Å². The van der Waals surface area contributed by atoms with Crippen LogP contribution in [0.2, 0.25) is 5.02 Å². The van der Waals surface area contributed by atoms with Crippen LogP contribution in [0.1, 0.15) is 24.2 Å². The Balaban J connectivity index is 1.59. The van der Waals surface area contributed by atoms with Gasteiger partial charge in [-0.1, -0.05) is 11.6 Å². The number of alkyl halides is 3. The molecule has 2 aromatic heterocycles. The highest BCUT2D eigenvalue weighted by Crippen LogP contribution is 2.34. The average Bonchev–Trinajstić information content (AvgIpc) is 3.13. The maximum atomic E-state index is 12.7. The molecular formula is C18H19ClF3N3O2. The van der Waals surface area contributed by atoms with Gasteiger partial charge in [-0.05, 0) is 31.0 Å². The van der Waals surface area contributed by atoms with Crippen molar-refractivity contribution in [2.24, 2.45) is 5.92 Å². The smallest absolute Gasteiger partial charge is 0.417 e. The van der Waals surface area contributed by atoms with E-state index in [1.807, 2.05) is 11.0 Å². The van der Waals surface area contributed by atoms with Gasteiger partial charge >= 0.3 is 6.18 Å². The third-order valence-electron chi connectivity index (χ3n) is 4.64. The van der Waals surface area contributed by atoms with Crippen molar-refractivity contribution in [2.45, 2.75) is 25.6 Å². The second-order valence-electron chi connectivity index (χ2n) is 6.56. The molecule has 0 N–H and O–H groups in total. The lowest BCUT2D eigenvalue weighted by atomic mass is 9.95. The fraction of sp³-hybridized carbons (Fsp3) is 0.444. The van der Waals surface area contributed by atoms with Crippen molar-refractivity contribution in [2.75, 3.05) is 25.0 Å². The van der Waals surface area contributed by atoms with Gasteiger partial charge in [-0.3, -0.25) is 4.79 Å². The topological polar surface area (TPSA) is 49.6 Å². The third-order valence-corrected chi connectivity index (χ3v) is 4.92. The maximum Gasteiger partial charge on any atom is 0.417 e. The lowest BCUT2D eigenvalue weighted by Crippen LogP contribution is -2.41. The van der Waals surface area contributed by atoms with Crippen LogP contribution in [0, 0.1) is 5.92 Å². The van der Waals surface area contributed by atoms with Crippen molar-refractivity contribution < 1.29 is 22.4 Å². The molecule has 1 fully saturated rings. The zero-order valence-electron chi connectivity index (χ0n) is 14.7. The molecule has 1 amide bonds. The number of hydrogen-bond acceptors (Lipinski definition) is 4. The van der Waals surface area contributed by atoms with E-state index in [2.05, 4.69) is 4.98 Å². The highest BCUT2D eigenvalue weighted by molar-refractivity contribution is 6.33. The van der Waals surface area contributed by atoms with Gasteiger partial charge in [-0.15, -0.1) is 0 Å². The summed E-state index contributed by atoms with van der Waals surface area (Å²) in [7, 11) is 1.73. The van der Waals surface area contributed by atoms with Crippen molar-refractivity contribution in [3.05, 3.63) is 47.0 Å². The van der Waals surface area contributed by atoms with Crippen molar-refractivity contribution in [3.8, 4) is 0 Å². The minimum Gasteiger partial charge on any atom is -0.467 e. The molecule has 146 valence electrons. The van der Waals surface area contributed by atoms with Crippen LogP contribution in [-0.4, -0.2) is 35.9 Å². The normalized spacial score (nSPS) is 15.8. The Kier molecular flexibility index (Phi) is 5.64. The number of furan rings is 1. The molecule has 0 atom stereocenters. The standard InChI is InChI=1S/C18H19ClF3N3O2/c1-24(11-14-3-2-8-27-14)17(26)12-4-6-25(7-5-12)16-15(19)9-13(10-23-16)18(20,21)22/h2-3,8-10,12H,4-7,11H2,1H3. The number of aromatic nitrogens is 1. The number of nitrogens with zero attached hydrogens (tertiary/aromatic N) is 3. The molecule has 3 heterocycles. The minimum absolute atomic E-state index is 0.0255. The summed E-state index contributed by atoms with van der Waals surface area (Å²) >= 11 is 6.01. The molecule has 0 bridgehead atoms. The molecule has 2 aromatic rings. The van der Waals surface area contributed by atoms with Crippen LogP contribution in [0.4, 0.5) is 19.0 Å². The van der Waals surface area contributed by atoms with Crippen LogP contribution in [0.25, 0.3) is 0 Å². The highest BCUT2D eigenvalue weighted by Gasteiger charge is 2.33. The number of rotatable bonds is 4. The lowest BCUT2D eigenvalue weighted by molar-refractivity contribution is -0.138. The number of carbonyl (C=O) groups excluding carboxylic acids is 1. The molecule has 1 aliphatic rings. The first-order valence-electron chi connectivity index (χ1n) is 8.50. The Labute approximate surface area is 159 Å². The zero-order valence-corrected chi connectivity index (χ0v) is 15.4. The fourth-order valence-electron chi connectivity index (χ4n) is 3.18. The van der Waals surface area contributed by atoms with E-state index in [1.165, 1.54) is 0 Å². The molecule has 1 saturated heterocycles. The Morgan fingerprint density at radius 3 is 2.67 bits per heavy atom. The molecule has 0 radical (unpaired) electrons. The average molecular weight is 402 g/mol. The summed E-state index contributed by atoms with van der Waals surface area (Å²) in [5.41, 5.74) is -0.874. The molecule has 3 rings (SSSR count). The predicted molar refractivity (Wildman–Crippen MR) is 94.4 cm³/mol. The Hall–Kier alpha value is -2.22. The van der Waals surface area contributed by atoms with Gasteiger partial charge in [0.2, 0.25) is 5.91 Å². The molecule has 0 spiro atoms. The molecule has 0 aromatic carbocycles. The largest absolute Gasteiger partial charge is 0.467 e. The predicted octanol–water partition coefficient (Wildman–Crippen LogP) is 4.22. The number of pyridine rings is 1. The first-order chi connectivity index (χ1) is 12.8. The van der Waals surface area contributed by atoms with E-state index in [-0.39, 0.29) is 16.8 Å². The third kappa shape index (κ3) is 4.55. The maximum absolute atomic E-state index is 12.7. The van der Waals surface area contributed by atoms with Crippen molar-refractivity contribution in [1.29, 1.82) is 0 Å². The van der Waals surface area contributed by atoms with Gasteiger partial charge in [0.15, 0.2) is 0 Å². The molecule has 27 heavy (non-hydrogen) atoms. The van der Waals surface area contributed by atoms with Crippen LogP contribution in [0.3, 0.4) is 0 Å². The van der Waals surface area contributed by atoms with Gasteiger partial charge in [0, 0.05) is 32.3 Å². The lowest BCUT2D eigenvalue weighted by Gasteiger charge is -2.34. The van der Waals surface area contributed by atoms with E-state index < -0.39 is 11.7 Å². The molecular weight excluding hydrogens is 383 g/mol. The van der Waals surface area contributed by atoms with Gasteiger partial charge in [-0.2, -0.15) is 13.2 Å². The summed E-state index contributed by atoms with van der Waals surface area (Å²) in [5, 5.41) is -0.0375. The monoisotopic (exact) mass is 401 g/mol. The summed E-state index contributed by atoms with van der Waals surface area (Å²) in [6.45, 7) is 1.41. The number of hydrogen-bond donors (Lipinski definition) is 0. The minimum atomic E-state index is -4.48. The number of piperidine rings is 1. The van der Waals surface area contributed by atoms with Gasteiger partial charge in [0.05, 0.1) is 23.4 Å². The quantitative estimate of drug-likeness (QED) is 0.769. The van der Waals surface area contributed by atoms with Gasteiger partial charge in [0.1, 0.15) is 11.6 Å². The van der Waals surface area contributed by atoms with E-state index in [1.54, 1.807) is 24.3 Å². The molecule has 0 saturated carbocycles. The first kappa shape index (κ1) is 19.5. The van der Waals surface area contributed by atoms with Gasteiger partial charge < -0.3 is 14.2 Å². The molecule has 0 aliphatic carbocycles. The first-order valence-corrected chi connectivity index (χ1v) is 8.88. The van der Waals surface area contributed by atoms with Crippen LogP contribution in [0.15, 0.2) is 35.1 Å². The van der Waals surface area contributed by atoms with E-state index >= 15 is 0 Å². The van der Waals surface area contributed by atoms with Crippen LogP contribution < -0.4 is 4.90 Å². The van der Waals surface area contributed by atoms with E-state index in [9.17, 15) is 18.0 Å². The molecule has 5 nitrogen and oxygen atoms in total. The summed E-state index contributed by atoms with van der Waals surface area (Å²) < 4.78 is 43.5. The zero-order chi connectivity index (χ0) is 19.6. The Bertz CT molecular complexity index is 788. The van der Waals surface area contributed by atoms with E-state index in [0.29, 0.717) is 44.1 Å². The van der Waals surface area contributed by atoms with E-state index in [4.69, 9.17) is 16.0 Å². The number of halogens is 4. The Morgan fingerprint density at radius 2 is 2.11 bits per heavy atom. The van der Waals surface area contributed by atoms with Crippen LogP contribution in [-0.2, 0) is 17.5 Å². The van der Waals surface area contributed by atoms with Crippen LogP contribution in [0.5, 0.6) is 0 Å². The molecule has 0 unspecified atom stereocenters. The number of amides is 1. The van der Waals surface area contributed by atoms with Crippen molar-refractivity contribution in [1.82, 2.24) is 9.88 Å². The fourth-order valence-corrected chi connectivity index (χ4v) is 3.47. The highest BCUT2D eigenvalue weighted by atomic mass is 35.5. The van der Waals surface area contributed by atoms with Crippen molar-refractivity contribution >= 4 is 23.3 Å². The second kappa shape index (κ2) is 7.80. The van der Waals surface area contributed by atoms with Gasteiger partial charge in [-0.25, -0.2) is 4.98 Å². The summed E-state index contributed by atoms with van der Waals surface area (Å²) in [6, 6.07) is 4.47. The van der Waals surface area contributed by atoms with Crippen LogP contribution >= 0.6 is 11.6 Å². The second-order valence-corrected chi connectivity index (χ2v) is 6.97. The Morgan fingerprint density at radius 1 is 1.41 bits per heavy atom. The SMILES string of the molecule is CN(Cc1ccco1)C(=O)C1CCN(c2ncc(C(F)(F)F)cc2Cl)CC1. The summed E-state index contributed by atoms with van der Waals surface area (Å²) in [4.78, 5) is 19.9. The summed E-state index contributed by atoms with van der Waals surface area (Å²) in [5.74, 6) is 0.912. The number of anilines is 1. The number of carbonyl (C=O) groups is 1.